The zero-order valence-electron chi connectivity index (χ0n) is 9.56. The summed E-state index contributed by atoms with van der Waals surface area (Å²) in [5.41, 5.74) is 0.676. The number of Topliss-reactive ketones (excluding diaryl/α,β-unsaturated/α-hetero) is 1. The summed E-state index contributed by atoms with van der Waals surface area (Å²) in [7, 11) is 2.44. The summed E-state index contributed by atoms with van der Waals surface area (Å²) >= 11 is 0. The molecule has 5 nitrogen and oxygen atoms in total. The molecule has 0 unspecified atom stereocenters. The molecule has 0 aliphatic heterocycles. The number of fused-ring (bicyclic) bond motifs is 1. The van der Waals surface area contributed by atoms with Crippen LogP contribution in [0.15, 0.2) is 23.3 Å². The highest BCUT2D eigenvalue weighted by Crippen LogP contribution is 2.42. The molecule has 0 aromatic carbocycles. The highest BCUT2D eigenvalue weighted by Gasteiger charge is 2.49. The monoisotopic (exact) mass is 236 g/mol. The lowest BCUT2D eigenvalue weighted by molar-refractivity contribution is -0.149. The standard InChI is InChI=1S/C12H12O5/c1-16-11(14)8-6-4-3-5-7(6)9(10(8)13)12(15)17-2/h3-4,6,8H,5H2,1-2H3/t6-,8-/m0/s1. The number of hydrogen-bond acceptors (Lipinski definition) is 5. The molecule has 0 saturated heterocycles. The minimum Gasteiger partial charge on any atom is -0.468 e. The molecule has 0 amide bonds. The molecule has 2 atom stereocenters. The third kappa shape index (κ3) is 1.58. The van der Waals surface area contributed by atoms with Gasteiger partial charge >= 0.3 is 11.9 Å². The van der Waals surface area contributed by atoms with E-state index in [1.54, 1.807) is 6.08 Å². The van der Waals surface area contributed by atoms with E-state index >= 15 is 0 Å². The van der Waals surface area contributed by atoms with Crippen molar-refractivity contribution < 1.29 is 23.9 Å². The Hall–Kier alpha value is -1.91. The molecular formula is C12H12O5. The molecule has 0 N–H and O–H groups in total. The molecule has 2 aliphatic carbocycles. The lowest BCUT2D eigenvalue weighted by Crippen LogP contribution is -2.28. The third-order valence-electron chi connectivity index (χ3n) is 3.14. The second-order valence-corrected chi connectivity index (χ2v) is 3.91. The van der Waals surface area contributed by atoms with Gasteiger partial charge in [0.1, 0.15) is 11.5 Å². The summed E-state index contributed by atoms with van der Waals surface area (Å²) in [6, 6.07) is 0. The van der Waals surface area contributed by atoms with E-state index in [0.717, 1.165) is 0 Å². The average Bonchev–Trinajstić information content (AvgIpc) is 2.86. The molecule has 90 valence electrons. The molecule has 0 fully saturated rings. The predicted molar refractivity (Wildman–Crippen MR) is 56.8 cm³/mol. The largest absolute Gasteiger partial charge is 0.468 e. The van der Waals surface area contributed by atoms with Crippen molar-refractivity contribution in [1.82, 2.24) is 0 Å². The van der Waals surface area contributed by atoms with Crippen LogP contribution in [-0.2, 0) is 23.9 Å². The fourth-order valence-corrected chi connectivity index (χ4v) is 2.37. The maximum Gasteiger partial charge on any atom is 0.341 e. The number of carbonyl (C=O) groups is 3. The molecule has 0 spiro atoms. The van der Waals surface area contributed by atoms with Gasteiger partial charge in [0.25, 0.3) is 0 Å². The minimum absolute atomic E-state index is 0.0119. The number of esters is 2. The molecule has 0 heterocycles. The Kier molecular flexibility index (Phi) is 2.83. The van der Waals surface area contributed by atoms with Gasteiger partial charge in [0, 0.05) is 5.92 Å². The second kappa shape index (κ2) is 4.16. The van der Waals surface area contributed by atoms with Crippen LogP contribution in [-0.4, -0.2) is 31.9 Å². The van der Waals surface area contributed by atoms with Crippen LogP contribution in [0.3, 0.4) is 0 Å². The quantitative estimate of drug-likeness (QED) is 0.300. The van der Waals surface area contributed by atoms with Gasteiger partial charge in [-0.15, -0.1) is 0 Å². The van der Waals surface area contributed by atoms with Crippen LogP contribution in [0, 0.1) is 11.8 Å². The summed E-state index contributed by atoms with van der Waals surface area (Å²) in [5.74, 6) is -3.05. The maximum atomic E-state index is 12.0. The fraction of sp³-hybridized carbons (Fsp3) is 0.417. The minimum atomic E-state index is -0.928. The summed E-state index contributed by atoms with van der Waals surface area (Å²) in [6.07, 6.45) is 4.12. The molecule has 17 heavy (non-hydrogen) atoms. The van der Waals surface area contributed by atoms with Crippen molar-refractivity contribution in [2.45, 2.75) is 6.42 Å². The van der Waals surface area contributed by atoms with Gasteiger partial charge in [0.15, 0.2) is 5.78 Å². The van der Waals surface area contributed by atoms with Crippen LogP contribution >= 0.6 is 0 Å². The van der Waals surface area contributed by atoms with E-state index < -0.39 is 23.6 Å². The highest BCUT2D eigenvalue weighted by atomic mass is 16.5. The van der Waals surface area contributed by atoms with Crippen molar-refractivity contribution in [3.8, 4) is 0 Å². The number of hydrogen-bond donors (Lipinski definition) is 0. The Morgan fingerprint density at radius 2 is 2.00 bits per heavy atom. The van der Waals surface area contributed by atoms with Gasteiger partial charge in [-0.1, -0.05) is 12.2 Å². The zero-order valence-corrected chi connectivity index (χ0v) is 9.56. The Morgan fingerprint density at radius 3 is 2.59 bits per heavy atom. The first-order chi connectivity index (χ1) is 8.11. The average molecular weight is 236 g/mol. The van der Waals surface area contributed by atoms with Gasteiger partial charge in [-0.3, -0.25) is 9.59 Å². The summed E-state index contributed by atoms with van der Waals surface area (Å²) in [5, 5.41) is 0. The summed E-state index contributed by atoms with van der Waals surface area (Å²) in [6.45, 7) is 0. The molecule has 0 radical (unpaired) electrons. The van der Waals surface area contributed by atoms with E-state index in [1.165, 1.54) is 14.2 Å². The maximum absolute atomic E-state index is 12.0. The number of allylic oxidation sites excluding steroid dienone is 3. The number of rotatable bonds is 2. The van der Waals surface area contributed by atoms with Crippen LogP contribution in [0.4, 0.5) is 0 Å². The first kappa shape index (κ1) is 11.6. The Bertz CT molecular complexity index is 458. The second-order valence-electron chi connectivity index (χ2n) is 3.91. The summed E-state index contributed by atoms with van der Waals surface area (Å²) < 4.78 is 9.18. The van der Waals surface area contributed by atoms with Gasteiger partial charge in [0.05, 0.1) is 14.2 Å². The highest BCUT2D eigenvalue weighted by molar-refractivity contribution is 6.25. The fourth-order valence-electron chi connectivity index (χ4n) is 2.37. The Labute approximate surface area is 98.1 Å². The Balaban J connectivity index is 2.41. The molecule has 2 rings (SSSR count). The third-order valence-corrected chi connectivity index (χ3v) is 3.14. The predicted octanol–water partition coefficient (Wildman–Crippen LogP) is 0.404. The van der Waals surface area contributed by atoms with Crippen molar-refractivity contribution in [3.63, 3.8) is 0 Å². The van der Waals surface area contributed by atoms with Gasteiger partial charge in [-0.05, 0) is 12.0 Å². The van der Waals surface area contributed by atoms with Crippen molar-refractivity contribution in [2.24, 2.45) is 11.8 Å². The smallest absolute Gasteiger partial charge is 0.341 e. The van der Waals surface area contributed by atoms with E-state index in [2.05, 4.69) is 9.47 Å². The van der Waals surface area contributed by atoms with E-state index in [1.807, 2.05) is 6.08 Å². The van der Waals surface area contributed by atoms with Crippen LogP contribution in [0.2, 0.25) is 0 Å². The van der Waals surface area contributed by atoms with Crippen molar-refractivity contribution in [2.75, 3.05) is 14.2 Å². The van der Waals surface area contributed by atoms with E-state index in [-0.39, 0.29) is 11.5 Å². The first-order valence-electron chi connectivity index (χ1n) is 5.21. The van der Waals surface area contributed by atoms with Crippen molar-refractivity contribution in [1.29, 1.82) is 0 Å². The van der Waals surface area contributed by atoms with Crippen LogP contribution in [0.25, 0.3) is 0 Å². The first-order valence-corrected chi connectivity index (χ1v) is 5.21. The van der Waals surface area contributed by atoms with Crippen LogP contribution in [0.1, 0.15) is 6.42 Å². The number of carbonyl (C=O) groups excluding carboxylic acids is 3. The lowest BCUT2D eigenvalue weighted by Gasteiger charge is -2.11. The van der Waals surface area contributed by atoms with Gasteiger partial charge in [0.2, 0.25) is 0 Å². The number of methoxy groups -OCH3 is 2. The van der Waals surface area contributed by atoms with E-state index in [4.69, 9.17) is 0 Å². The molecule has 0 aromatic heterocycles. The topological polar surface area (TPSA) is 69.7 Å². The Morgan fingerprint density at radius 1 is 1.29 bits per heavy atom. The molecule has 0 bridgehead atoms. The van der Waals surface area contributed by atoms with Gasteiger partial charge < -0.3 is 9.47 Å². The summed E-state index contributed by atoms with van der Waals surface area (Å²) in [4.78, 5) is 35.1. The van der Waals surface area contributed by atoms with Crippen LogP contribution in [0.5, 0.6) is 0 Å². The number of ketones is 1. The zero-order chi connectivity index (χ0) is 12.6. The molecule has 5 heteroatoms. The molecule has 0 saturated carbocycles. The molecule has 0 aromatic rings. The van der Waals surface area contributed by atoms with Crippen molar-refractivity contribution in [3.05, 3.63) is 23.3 Å². The van der Waals surface area contributed by atoms with E-state index in [9.17, 15) is 14.4 Å². The van der Waals surface area contributed by atoms with Crippen LogP contribution < -0.4 is 0 Å². The lowest BCUT2D eigenvalue weighted by atomic mass is 9.93. The van der Waals surface area contributed by atoms with Gasteiger partial charge in [-0.25, -0.2) is 4.79 Å². The number of ether oxygens (including phenoxy) is 2. The SMILES string of the molecule is COC(=O)C1=C2CC=C[C@@H]2[C@H](C(=O)OC)C1=O. The van der Waals surface area contributed by atoms with Gasteiger partial charge in [-0.2, -0.15) is 0 Å². The normalized spacial score (nSPS) is 26.1. The molecule has 2 aliphatic rings. The van der Waals surface area contributed by atoms with Crippen molar-refractivity contribution >= 4 is 17.7 Å². The van der Waals surface area contributed by atoms with E-state index in [0.29, 0.717) is 12.0 Å². The molecular weight excluding hydrogens is 224 g/mol.